The highest BCUT2D eigenvalue weighted by Gasteiger charge is 2.19. The molecule has 0 spiro atoms. The van der Waals surface area contributed by atoms with Gasteiger partial charge in [0, 0.05) is 11.6 Å². The van der Waals surface area contributed by atoms with E-state index in [9.17, 15) is 4.79 Å². The third kappa shape index (κ3) is 5.10. The summed E-state index contributed by atoms with van der Waals surface area (Å²) in [5.74, 6) is -0.192. The molecule has 28 heavy (non-hydrogen) atoms. The normalized spacial score (nSPS) is 15.4. The summed E-state index contributed by atoms with van der Waals surface area (Å²) in [7, 11) is 0. The lowest BCUT2D eigenvalue weighted by Gasteiger charge is -2.20. The maximum absolute atomic E-state index is 12.5. The van der Waals surface area contributed by atoms with Gasteiger partial charge in [-0.25, -0.2) is 4.68 Å². The largest absolute Gasteiger partial charge is 0.350 e. The average molecular weight is 399 g/mol. The van der Waals surface area contributed by atoms with Crippen LogP contribution in [0.1, 0.15) is 66.2 Å². The number of carbonyl (C=O) groups is 1. The molecule has 0 bridgehead atoms. The van der Waals surface area contributed by atoms with Gasteiger partial charge in [-0.05, 0) is 55.0 Å². The van der Waals surface area contributed by atoms with Crippen molar-refractivity contribution in [2.45, 2.75) is 51.5 Å². The highest BCUT2D eigenvalue weighted by Crippen LogP contribution is 2.27. The number of nitrogens with zero attached hydrogens (tertiary/aromatic N) is 3. The first kappa shape index (κ1) is 20.3. The molecule has 1 aliphatic rings. The second-order valence-corrected chi connectivity index (χ2v) is 7.70. The van der Waals surface area contributed by atoms with Gasteiger partial charge in [-0.2, -0.15) is 0 Å². The Labute approximate surface area is 171 Å². The standard InChI is InChI=1S/C22H27ClN4O/c1-3-7-17(20-14-18(23)11-10-16(20)2)12-13-24-22(28)21-15-27(26-25-21)19-8-5-4-6-9-19/h3,7,10-11,14-15,19H,1,4-6,8-9,12-13H2,2H3,(H,24,28)/b17-7-. The number of carbonyl (C=O) groups excluding carboxylic acids is 1. The summed E-state index contributed by atoms with van der Waals surface area (Å²) < 4.78 is 1.85. The SMILES string of the molecule is C=C/C=C(/CCNC(=O)c1cn(C2CCCCC2)nn1)c1cc(Cl)ccc1C. The average Bonchev–Trinajstić information content (AvgIpc) is 3.20. The first-order valence-electron chi connectivity index (χ1n) is 9.86. The Kier molecular flexibility index (Phi) is 7.04. The number of benzene rings is 1. The Bertz CT molecular complexity index is 865. The highest BCUT2D eigenvalue weighted by atomic mass is 35.5. The molecule has 3 rings (SSSR count). The molecule has 1 saturated carbocycles. The molecule has 0 radical (unpaired) electrons. The quantitative estimate of drug-likeness (QED) is 0.657. The second-order valence-electron chi connectivity index (χ2n) is 7.27. The molecule has 1 fully saturated rings. The summed E-state index contributed by atoms with van der Waals surface area (Å²) in [4.78, 5) is 12.5. The molecule has 6 heteroatoms. The predicted molar refractivity (Wildman–Crippen MR) is 113 cm³/mol. The Balaban J connectivity index is 1.59. The van der Waals surface area contributed by atoms with Crippen LogP contribution in [-0.4, -0.2) is 27.4 Å². The predicted octanol–water partition coefficient (Wildman–Crippen LogP) is 5.13. The van der Waals surface area contributed by atoms with Gasteiger partial charge in [-0.1, -0.05) is 60.9 Å². The van der Waals surface area contributed by atoms with E-state index in [0.717, 1.165) is 29.5 Å². The van der Waals surface area contributed by atoms with E-state index in [1.54, 1.807) is 12.3 Å². The number of halogens is 1. The summed E-state index contributed by atoms with van der Waals surface area (Å²) in [6, 6.07) is 6.19. The van der Waals surface area contributed by atoms with Crippen molar-refractivity contribution in [1.29, 1.82) is 0 Å². The first-order valence-corrected chi connectivity index (χ1v) is 10.2. The van der Waals surface area contributed by atoms with Gasteiger partial charge in [0.15, 0.2) is 5.69 Å². The molecule has 0 atom stereocenters. The van der Waals surface area contributed by atoms with E-state index < -0.39 is 0 Å². The molecular weight excluding hydrogens is 372 g/mol. The molecule has 1 aromatic heterocycles. The molecule has 148 valence electrons. The van der Waals surface area contributed by atoms with Crippen LogP contribution >= 0.6 is 11.6 Å². The molecule has 1 heterocycles. The molecule has 5 nitrogen and oxygen atoms in total. The van der Waals surface area contributed by atoms with Crippen molar-refractivity contribution in [3.8, 4) is 0 Å². The lowest BCUT2D eigenvalue weighted by molar-refractivity contribution is 0.0949. The fourth-order valence-corrected chi connectivity index (χ4v) is 3.87. The molecule has 1 amide bonds. The number of allylic oxidation sites excluding steroid dienone is 2. The molecule has 0 unspecified atom stereocenters. The number of nitrogens with one attached hydrogen (secondary N) is 1. The van der Waals surface area contributed by atoms with Crippen LogP contribution in [-0.2, 0) is 0 Å². The van der Waals surface area contributed by atoms with Gasteiger partial charge in [-0.3, -0.25) is 4.79 Å². The van der Waals surface area contributed by atoms with E-state index in [-0.39, 0.29) is 5.91 Å². The fourth-order valence-electron chi connectivity index (χ4n) is 3.70. The minimum atomic E-state index is -0.192. The van der Waals surface area contributed by atoms with E-state index >= 15 is 0 Å². The Hall–Kier alpha value is -2.40. The molecule has 1 aromatic carbocycles. The number of hydrogen-bond donors (Lipinski definition) is 1. The zero-order chi connectivity index (χ0) is 19.9. The number of hydrogen-bond acceptors (Lipinski definition) is 3. The van der Waals surface area contributed by atoms with Gasteiger partial charge in [0.05, 0.1) is 12.2 Å². The van der Waals surface area contributed by atoms with Crippen LogP contribution in [0.5, 0.6) is 0 Å². The topological polar surface area (TPSA) is 59.8 Å². The van der Waals surface area contributed by atoms with Crippen molar-refractivity contribution < 1.29 is 4.79 Å². The van der Waals surface area contributed by atoms with Gasteiger partial charge >= 0.3 is 0 Å². The minimum Gasteiger partial charge on any atom is -0.350 e. The first-order chi connectivity index (χ1) is 13.6. The number of rotatable bonds is 7. The maximum atomic E-state index is 12.5. The van der Waals surface area contributed by atoms with E-state index in [1.165, 1.54) is 19.3 Å². The molecular formula is C22H27ClN4O. The van der Waals surface area contributed by atoms with Crippen molar-refractivity contribution in [3.05, 3.63) is 65.0 Å². The number of aryl methyl sites for hydroxylation is 1. The Morgan fingerprint density at radius 2 is 2.14 bits per heavy atom. The monoisotopic (exact) mass is 398 g/mol. The van der Waals surface area contributed by atoms with Crippen molar-refractivity contribution in [3.63, 3.8) is 0 Å². The van der Waals surface area contributed by atoms with Crippen LogP contribution in [0.3, 0.4) is 0 Å². The van der Waals surface area contributed by atoms with Crippen molar-refractivity contribution in [1.82, 2.24) is 20.3 Å². The summed E-state index contributed by atoms with van der Waals surface area (Å²) >= 11 is 6.15. The molecule has 2 aromatic rings. The van der Waals surface area contributed by atoms with Crippen LogP contribution in [0.25, 0.3) is 5.57 Å². The lowest BCUT2D eigenvalue weighted by atomic mass is 9.96. The van der Waals surface area contributed by atoms with Crippen LogP contribution in [0.4, 0.5) is 0 Å². The van der Waals surface area contributed by atoms with Gasteiger partial charge in [0.2, 0.25) is 0 Å². The molecule has 1 aliphatic carbocycles. The van der Waals surface area contributed by atoms with Crippen molar-refractivity contribution in [2.24, 2.45) is 0 Å². The summed E-state index contributed by atoms with van der Waals surface area (Å²) in [6.07, 6.45) is 12.1. The van der Waals surface area contributed by atoms with Crippen LogP contribution in [0.2, 0.25) is 5.02 Å². The summed E-state index contributed by atoms with van der Waals surface area (Å²) in [5.41, 5.74) is 3.67. The second kappa shape index (κ2) is 9.69. The minimum absolute atomic E-state index is 0.192. The maximum Gasteiger partial charge on any atom is 0.273 e. The summed E-state index contributed by atoms with van der Waals surface area (Å²) in [6.45, 7) is 6.35. The third-order valence-corrected chi connectivity index (χ3v) is 5.47. The van der Waals surface area contributed by atoms with E-state index in [4.69, 9.17) is 11.6 Å². The number of aromatic nitrogens is 3. The van der Waals surface area contributed by atoms with E-state index in [0.29, 0.717) is 29.7 Å². The van der Waals surface area contributed by atoms with Crippen LogP contribution < -0.4 is 5.32 Å². The van der Waals surface area contributed by atoms with Crippen LogP contribution in [0, 0.1) is 6.92 Å². The Morgan fingerprint density at radius 1 is 1.36 bits per heavy atom. The fraction of sp³-hybridized carbons (Fsp3) is 0.409. The third-order valence-electron chi connectivity index (χ3n) is 5.24. The smallest absolute Gasteiger partial charge is 0.273 e. The van der Waals surface area contributed by atoms with E-state index in [1.807, 2.05) is 35.9 Å². The van der Waals surface area contributed by atoms with Crippen molar-refractivity contribution in [2.75, 3.05) is 6.54 Å². The lowest BCUT2D eigenvalue weighted by Crippen LogP contribution is -2.25. The Morgan fingerprint density at radius 3 is 2.89 bits per heavy atom. The van der Waals surface area contributed by atoms with E-state index in [2.05, 4.69) is 22.2 Å². The highest BCUT2D eigenvalue weighted by molar-refractivity contribution is 6.30. The van der Waals surface area contributed by atoms with Crippen LogP contribution in [0.15, 0.2) is 43.1 Å². The zero-order valence-corrected chi connectivity index (χ0v) is 17.1. The summed E-state index contributed by atoms with van der Waals surface area (Å²) in [5, 5.41) is 11.9. The van der Waals surface area contributed by atoms with Gasteiger partial charge in [0.25, 0.3) is 5.91 Å². The number of amides is 1. The van der Waals surface area contributed by atoms with Gasteiger partial charge < -0.3 is 5.32 Å². The molecule has 1 N–H and O–H groups in total. The van der Waals surface area contributed by atoms with Crippen molar-refractivity contribution >= 4 is 23.1 Å². The van der Waals surface area contributed by atoms with Gasteiger partial charge in [0.1, 0.15) is 0 Å². The van der Waals surface area contributed by atoms with Gasteiger partial charge in [-0.15, -0.1) is 5.10 Å². The zero-order valence-electron chi connectivity index (χ0n) is 16.3. The molecule has 0 aliphatic heterocycles. The molecule has 0 saturated heterocycles.